The first kappa shape index (κ1) is 74.4. The van der Waals surface area contributed by atoms with Crippen molar-refractivity contribution >= 4 is 44.3 Å². The Kier molecular flexibility index (Phi) is 24.4. The molecule has 0 radical (unpaired) electrons. The molecule has 6 aromatic heterocycles. The minimum Gasteiger partial charge on any atom is -0.406 e. The number of ether oxygens (including phenoxy) is 1. The van der Waals surface area contributed by atoms with Gasteiger partial charge in [-0.05, 0) is 113 Å². The first-order chi connectivity index (χ1) is 47.8. The third-order valence-electron chi connectivity index (χ3n) is 17.6. The van der Waals surface area contributed by atoms with Crippen molar-refractivity contribution in [1.82, 2.24) is 42.4 Å². The number of hydrogen-bond donors (Lipinski definition) is 3. The van der Waals surface area contributed by atoms with E-state index < -0.39 is 29.1 Å². The van der Waals surface area contributed by atoms with Crippen LogP contribution in [-0.4, -0.2) is 83.9 Å². The Morgan fingerprint density at radius 3 is 1.29 bits per heavy atom. The fraction of sp³-hybridized carbons (Fsp3) is 0.338. The number of nitrogens with zero attached hydrogens (tertiary/aromatic N) is 9. The first-order valence-corrected chi connectivity index (χ1v) is 33.7. The Balaban J connectivity index is 0.000000175. The molecule has 0 amide bonds. The minimum absolute atomic E-state index is 0.0231. The Morgan fingerprint density at radius 1 is 0.480 bits per heavy atom. The van der Waals surface area contributed by atoms with E-state index in [2.05, 4.69) is 69.5 Å². The number of halogens is 4. The van der Waals surface area contributed by atoms with E-state index in [-0.39, 0.29) is 80.4 Å². The van der Waals surface area contributed by atoms with Gasteiger partial charge in [0.05, 0.1) is 68.4 Å². The highest BCUT2D eigenvalue weighted by atomic mass is 35.5. The summed E-state index contributed by atoms with van der Waals surface area (Å²) in [4.78, 5) is 93.3. The second kappa shape index (κ2) is 32.9. The van der Waals surface area contributed by atoms with E-state index in [0.717, 1.165) is 61.3 Å². The van der Waals surface area contributed by atoms with E-state index in [9.17, 15) is 57.3 Å². The van der Waals surface area contributed by atoms with Gasteiger partial charge in [-0.2, -0.15) is 0 Å². The molecule has 524 valence electrons. The van der Waals surface area contributed by atoms with Crippen molar-refractivity contribution in [3.63, 3.8) is 0 Å². The van der Waals surface area contributed by atoms with Gasteiger partial charge in [0.2, 0.25) is 0 Å². The summed E-state index contributed by atoms with van der Waals surface area (Å²) in [6.07, 6.45) is 2.99. The number of aliphatic hydroxyl groups excluding tert-OH is 3. The molecule has 0 bridgehead atoms. The highest BCUT2D eigenvalue weighted by molar-refractivity contribution is 6.30. The number of benzene rings is 5. The maximum atomic E-state index is 13.7. The van der Waals surface area contributed by atoms with Crippen LogP contribution in [-0.2, 0) is 60.0 Å². The van der Waals surface area contributed by atoms with Crippen molar-refractivity contribution in [3.8, 4) is 39.5 Å². The number of aliphatic hydroxyl groups is 3. The van der Waals surface area contributed by atoms with Crippen LogP contribution in [0.25, 0.3) is 66.5 Å². The normalized spacial score (nSPS) is 11.6. The van der Waals surface area contributed by atoms with E-state index in [1.54, 1.807) is 32.6 Å². The second-order valence-corrected chi connectivity index (χ2v) is 26.1. The Hall–Kier alpha value is -9.87. The smallest absolute Gasteiger partial charge is 0.406 e. The van der Waals surface area contributed by atoms with Crippen LogP contribution in [0.5, 0.6) is 5.75 Å². The summed E-state index contributed by atoms with van der Waals surface area (Å²) in [5.74, 6) is 0.627. The average Bonchev–Trinajstić information content (AvgIpc) is 0.757. The van der Waals surface area contributed by atoms with E-state index in [1.807, 2.05) is 84.9 Å². The van der Waals surface area contributed by atoms with Gasteiger partial charge in [0, 0.05) is 95.2 Å². The summed E-state index contributed by atoms with van der Waals surface area (Å²) in [5, 5.41) is 29.6. The van der Waals surface area contributed by atoms with Crippen LogP contribution in [0.4, 0.5) is 13.2 Å². The molecular weight excluding hydrogens is 1300 g/mol. The topological polar surface area (TPSA) is 241 Å². The molecule has 0 atom stereocenters. The SMILES string of the molecule is CC(C)CCc1c(-c2ccccc2C(C)C)ncc2c1c(=O)n(CCCO)c(=O)n2C.CC(C)c1ccccc1-c1ncc2c(c1Cc1ccc(Cl)cc1)c(=O)n(CCCO)c(=O)n2C.Cn1c(=O)n(CCCO)c(=O)c2c(Cc3ccccc3)c(-c3cccc(OC(F)(F)F)c3)ncc21. The summed E-state index contributed by atoms with van der Waals surface area (Å²) in [6, 6.07) is 38.4. The van der Waals surface area contributed by atoms with Crippen molar-refractivity contribution < 1.29 is 33.2 Å². The summed E-state index contributed by atoms with van der Waals surface area (Å²) < 4.78 is 50.2. The van der Waals surface area contributed by atoms with Crippen molar-refractivity contribution in [2.45, 2.75) is 124 Å². The molecule has 11 aromatic rings. The van der Waals surface area contributed by atoms with Crippen LogP contribution in [0.15, 0.2) is 175 Å². The molecule has 5 aromatic carbocycles. The number of alkyl halides is 3. The standard InChI is InChI=1S/C27H28ClN3O3.C25H22F3N3O4.C25H33N3O3/c1-17(2)20-7-4-5-8-21(20)25-22(15-18-9-11-19(28)12-10-18)24-23(16-29-25)30(3)27(34)31(26(24)33)13-6-14-32;1-30-20-15-29-22(17-9-5-10-18(14-17)35-25(26,27)28)19(13-16-7-3-2-4-8-16)21(20)23(33)31(24(30)34)11-6-12-32;1-16(2)11-12-20-22-21(27(5)25(31)28(24(22)30)13-8-14-29)15-26-23(20)19-10-7-6-9-18(19)17(3)4/h4-5,7-12,16-17,32H,6,13-15H2,1-3H3;2-5,7-10,14-15,32H,6,11-13H2,1H3;6-7,9-10,15-17,29H,8,11-14H2,1-5H3. The largest absolute Gasteiger partial charge is 0.573 e. The van der Waals surface area contributed by atoms with Gasteiger partial charge in [-0.25, -0.2) is 14.4 Å². The van der Waals surface area contributed by atoms with Crippen LogP contribution in [0, 0.1) is 5.92 Å². The Morgan fingerprint density at radius 2 is 0.870 bits per heavy atom. The fourth-order valence-corrected chi connectivity index (χ4v) is 12.6. The lowest BCUT2D eigenvalue weighted by atomic mass is 9.90. The number of aromatic nitrogens is 9. The van der Waals surface area contributed by atoms with Crippen LogP contribution < -0.4 is 38.5 Å². The van der Waals surface area contributed by atoms with Gasteiger partial charge in [-0.1, -0.05) is 156 Å². The summed E-state index contributed by atoms with van der Waals surface area (Å²) in [5.41, 5.74) is 9.29. The van der Waals surface area contributed by atoms with Gasteiger partial charge >= 0.3 is 23.4 Å². The quantitative estimate of drug-likeness (QED) is 0.0573. The molecular formula is C77H83ClF3N9O10. The number of fused-ring (bicyclic) bond motifs is 3. The van der Waals surface area contributed by atoms with Gasteiger partial charge in [-0.15, -0.1) is 13.2 Å². The molecule has 6 heterocycles. The zero-order chi connectivity index (χ0) is 72.3. The molecule has 11 rings (SSSR count). The maximum Gasteiger partial charge on any atom is 0.573 e. The lowest BCUT2D eigenvalue weighted by Gasteiger charge is -2.19. The molecule has 0 saturated carbocycles. The van der Waals surface area contributed by atoms with E-state index >= 15 is 0 Å². The molecule has 0 aliphatic heterocycles. The Bertz CT molecular complexity index is 5140. The molecule has 3 N–H and O–H groups in total. The number of aryl methyl sites for hydroxylation is 4. The molecule has 0 saturated heterocycles. The molecule has 0 aliphatic rings. The lowest BCUT2D eigenvalue weighted by Crippen LogP contribution is -2.39. The zero-order valence-electron chi connectivity index (χ0n) is 57.5. The first-order valence-electron chi connectivity index (χ1n) is 33.3. The lowest BCUT2D eigenvalue weighted by molar-refractivity contribution is -0.274. The van der Waals surface area contributed by atoms with Crippen LogP contribution >= 0.6 is 11.6 Å². The molecule has 0 fully saturated rings. The third-order valence-corrected chi connectivity index (χ3v) is 17.9. The summed E-state index contributed by atoms with van der Waals surface area (Å²) in [7, 11) is 4.84. The van der Waals surface area contributed by atoms with Gasteiger partial charge in [-0.3, -0.25) is 56.7 Å². The van der Waals surface area contributed by atoms with Gasteiger partial charge in [0.25, 0.3) is 16.7 Å². The summed E-state index contributed by atoms with van der Waals surface area (Å²) in [6.45, 7) is 12.9. The molecule has 0 spiro atoms. The number of pyridine rings is 3. The monoisotopic (exact) mass is 1390 g/mol. The molecule has 100 heavy (non-hydrogen) atoms. The van der Waals surface area contributed by atoms with Gasteiger partial charge < -0.3 is 20.1 Å². The van der Waals surface area contributed by atoms with E-state index in [4.69, 9.17) is 21.6 Å². The fourth-order valence-electron chi connectivity index (χ4n) is 12.5. The highest BCUT2D eigenvalue weighted by Crippen LogP contribution is 2.37. The molecule has 0 aliphatic carbocycles. The Labute approximate surface area is 580 Å². The second-order valence-electron chi connectivity index (χ2n) is 25.6. The minimum atomic E-state index is -4.86. The van der Waals surface area contributed by atoms with Crippen LogP contribution in [0.2, 0.25) is 5.02 Å². The highest BCUT2D eigenvalue weighted by Gasteiger charge is 2.32. The van der Waals surface area contributed by atoms with Crippen molar-refractivity contribution in [2.75, 3.05) is 19.8 Å². The third kappa shape index (κ3) is 16.5. The average molecular weight is 1390 g/mol. The van der Waals surface area contributed by atoms with E-state index in [0.29, 0.717) is 86.7 Å². The molecule has 23 heteroatoms. The summed E-state index contributed by atoms with van der Waals surface area (Å²) >= 11 is 6.10. The van der Waals surface area contributed by atoms with Crippen molar-refractivity contribution in [2.24, 2.45) is 27.1 Å². The zero-order valence-corrected chi connectivity index (χ0v) is 58.3. The van der Waals surface area contributed by atoms with Crippen molar-refractivity contribution in [1.29, 1.82) is 0 Å². The van der Waals surface area contributed by atoms with Crippen LogP contribution in [0.1, 0.15) is 118 Å². The van der Waals surface area contributed by atoms with Gasteiger partial charge in [0.1, 0.15) is 5.75 Å². The molecule has 19 nitrogen and oxygen atoms in total. The number of hydrogen-bond acceptors (Lipinski definition) is 13. The number of rotatable bonds is 22. The van der Waals surface area contributed by atoms with Crippen molar-refractivity contribution in [3.05, 3.63) is 252 Å². The van der Waals surface area contributed by atoms with E-state index in [1.165, 1.54) is 59.8 Å². The molecule has 0 unspecified atom stereocenters. The predicted octanol–water partition coefficient (Wildman–Crippen LogP) is 12.0. The predicted molar refractivity (Wildman–Crippen MR) is 387 cm³/mol. The maximum absolute atomic E-state index is 13.7. The van der Waals surface area contributed by atoms with Crippen LogP contribution in [0.3, 0.4) is 0 Å². The van der Waals surface area contributed by atoms with Gasteiger partial charge in [0.15, 0.2) is 0 Å².